The molecule has 2 aromatic heterocycles. The van der Waals surface area contributed by atoms with Gasteiger partial charge in [0, 0.05) is 15.1 Å². The summed E-state index contributed by atoms with van der Waals surface area (Å²) in [7, 11) is 0. The molecule has 0 fully saturated rings. The Kier molecular flexibility index (Phi) is 5.34. The molecule has 5 nitrogen and oxygen atoms in total. The van der Waals surface area contributed by atoms with Crippen LogP contribution in [0.25, 0.3) is 5.82 Å². The Labute approximate surface area is 162 Å². The lowest BCUT2D eigenvalue weighted by Crippen LogP contribution is -2.16. The molecule has 7 heteroatoms. The van der Waals surface area contributed by atoms with Crippen molar-refractivity contribution in [2.45, 2.75) is 19.8 Å². The molecule has 1 N–H and O–H groups in total. The summed E-state index contributed by atoms with van der Waals surface area (Å²) in [5.41, 5.74) is 2.06. The van der Waals surface area contributed by atoms with Gasteiger partial charge in [-0.15, -0.1) is 0 Å². The van der Waals surface area contributed by atoms with Crippen molar-refractivity contribution >= 4 is 43.5 Å². The first-order valence-corrected chi connectivity index (χ1v) is 9.31. The maximum absolute atomic E-state index is 12.8. The minimum absolute atomic E-state index is 0.110. The Morgan fingerprint density at radius 3 is 2.64 bits per heavy atom. The predicted molar refractivity (Wildman–Crippen MR) is 105 cm³/mol. The summed E-state index contributed by atoms with van der Waals surface area (Å²) in [6, 6.07) is 11.2. The van der Waals surface area contributed by atoms with Crippen molar-refractivity contribution in [1.29, 1.82) is 0 Å². The molecule has 0 aliphatic heterocycles. The number of aromatic nitrogens is 3. The number of carbonyl (C=O) groups is 1. The number of carbonyl (C=O) groups excluding carboxylic acids is 1. The van der Waals surface area contributed by atoms with Crippen LogP contribution in [0.4, 0.5) is 5.69 Å². The zero-order valence-electron chi connectivity index (χ0n) is 13.7. The van der Waals surface area contributed by atoms with Crippen LogP contribution in [0.3, 0.4) is 0 Å². The number of nitrogens with one attached hydrogen (secondary N) is 1. The smallest absolute Gasteiger partial charge is 0.259 e. The summed E-state index contributed by atoms with van der Waals surface area (Å²) in [6.45, 7) is 4.06. The lowest BCUT2D eigenvalue weighted by atomic mass is 10.1. The molecular weight excluding hydrogens is 448 g/mol. The number of benzene rings is 1. The molecule has 0 spiro atoms. The Balaban J connectivity index is 1.97. The number of hydrogen-bond acceptors (Lipinski definition) is 3. The van der Waals surface area contributed by atoms with Crippen LogP contribution in [0.2, 0.25) is 0 Å². The van der Waals surface area contributed by atoms with Gasteiger partial charge in [-0.25, -0.2) is 9.67 Å². The van der Waals surface area contributed by atoms with E-state index in [1.165, 1.54) is 0 Å². The molecule has 3 aromatic rings. The van der Waals surface area contributed by atoms with Crippen LogP contribution in [0, 0.1) is 0 Å². The third-order valence-electron chi connectivity index (χ3n) is 3.64. The molecule has 128 valence electrons. The average molecular weight is 464 g/mol. The Hall–Kier alpha value is -1.99. The molecule has 0 aliphatic carbocycles. The molecular formula is C18H16Br2N4O. The van der Waals surface area contributed by atoms with Crippen LogP contribution in [0.5, 0.6) is 0 Å². The van der Waals surface area contributed by atoms with Gasteiger partial charge in [-0.05, 0) is 52.2 Å². The normalized spacial score (nSPS) is 10.9. The number of rotatable bonds is 4. The van der Waals surface area contributed by atoms with Gasteiger partial charge < -0.3 is 5.32 Å². The molecule has 0 saturated heterocycles. The summed E-state index contributed by atoms with van der Waals surface area (Å²) in [6.07, 6.45) is 3.30. The van der Waals surface area contributed by atoms with E-state index < -0.39 is 0 Å². The SMILES string of the molecule is CC(C)c1c(C(=O)Nc2ccc(Br)cc2Br)cnn1-c1ccccn1. The summed E-state index contributed by atoms with van der Waals surface area (Å²) in [5, 5.41) is 7.31. The van der Waals surface area contributed by atoms with E-state index in [2.05, 4.69) is 47.3 Å². The fourth-order valence-electron chi connectivity index (χ4n) is 2.53. The van der Waals surface area contributed by atoms with Crippen LogP contribution in [0.15, 0.2) is 57.7 Å². The standard InChI is InChI=1S/C18H16Br2N4O/c1-11(2)17-13(10-22-24(17)16-5-3-4-8-21-16)18(25)23-15-7-6-12(19)9-14(15)20/h3-11H,1-2H3,(H,23,25). The monoisotopic (exact) mass is 462 g/mol. The van der Waals surface area contributed by atoms with E-state index >= 15 is 0 Å². The second kappa shape index (κ2) is 7.49. The van der Waals surface area contributed by atoms with Gasteiger partial charge in [-0.3, -0.25) is 4.79 Å². The van der Waals surface area contributed by atoms with Gasteiger partial charge in [0.2, 0.25) is 0 Å². The molecule has 1 amide bonds. The number of hydrogen-bond donors (Lipinski definition) is 1. The van der Waals surface area contributed by atoms with Gasteiger partial charge in [-0.1, -0.05) is 35.8 Å². The Bertz CT molecular complexity index is 907. The zero-order chi connectivity index (χ0) is 18.0. The molecule has 1 aromatic carbocycles. The maximum atomic E-state index is 12.8. The van der Waals surface area contributed by atoms with E-state index in [1.54, 1.807) is 17.1 Å². The van der Waals surface area contributed by atoms with E-state index in [0.29, 0.717) is 17.1 Å². The Morgan fingerprint density at radius 2 is 2.00 bits per heavy atom. The minimum Gasteiger partial charge on any atom is -0.321 e. The van der Waals surface area contributed by atoms with Gasteiger partial charge in [0.1, 0.15) is 0 Å². The van der Waals surface area contributed by atoms with Crippen LogP contribution < -0.4 is 5.32 Å². The average Bonchev–Trinajstić information content (AvgIpc) is 3.03. The van der Waals surface area contributed by atoms with Gasteiger partial charge in [-0.2, -0.15) is 5.10 Å². The first kappa shape index (κ1) is 17.8. The second-order valence-corrected chi connectivity index (χ2v) is 7.55. The molecule has 0 aliphatic rings. The summed E-state index contributed by atoms with van der Waals surface area (Å²) in [5.74, 6) is 0.600. The molecule has 25 heavy (non-hydrogen) atoms. The van der Waals surface area contributed by atoms with E-state index in [-0.39, 0.29) is 11.8 Å². The van der Waals surface area contributed by atoms with Gasteiger partial charge >= 0.3 is 0 Å². The highest BCUT2D eigenvalue weighted by Gasteiger charge is 2.21. The van der Waals surface area contributed by atoms with Gasteiger partial charge in [0.05, 0.1) is 23.1 Å². The number of pyridine rings is 1. The Morgan fingerprint density at radius 1 is 1.20 bits per heavy atom. The van der Waals surface area contributed by atoms with Crippen molar-refractivity contribution in [2.24, 2.45) is 0 Å². The molecule has 0 atom stereocenters. The lowest BCUT2D eigenvalue weighted by molar-refractivity contribution is 0.102. The van der Waals surface area contributed by atoms with E-state index in [9.17, 15) is 4.79 Å². The highest BCUT2D eigenvalue weighted by molar-refractivity contribution is 9.11. The summed E-state index contributed by atoms with van der Waals surface area (Å²) >= 11 is 6.87. The van der Waals surface area contributed by atoms with Crippen molar-refractivity contribution in [1.82, 2.24) is 14.8 Å². The number of anilines is 1. The molecule has 2 heterocycles. The fraction of sp³-hybridized carbons (Fsp3) is 0.167. The van der Waals surface area contributed by atoms with Gasteiger partial charge in [0.25, 0.3) is 5.91 Å². The lowest BCUT2D eigenvalue weighted by Gasteiger charge is -2.13. The molecule has 0 radical (unpaired) electrons. The predicted octanol–water partition coefficient (Wildman–Crippen LogP) is 5.17. The van der Waals surface area contributed by atoms with Crippen molar-refractivity contribution in [3.05, 3.63) is 69.0 Å². The van der Waals surface area contributed by atoms with Crippen LogP contribution in [-0.2, 0) is 0 Å². The van der Waals surface area contributed by atoms with Crippen molar-refractivity contribution in [3.63, 3.8) is 0 Å². The van der Waals surface area contributed by atoms with Crippen LogP contribution in [-0.4, -0.2) is 20.7 Å². The third-order valence-corrected chi connectivity index (χ3v) is 4.79. The maximum Gasteiger partial charge on any atom is 0.259 e. The largest absolute Gasteiger partial charge is 0.321 e. The molecule has 3 rings (SSSR count). The second-order valence-electron chi connectivity index (χ2n) is 5.78. The van der Waals surface area contributed by atoms with Crippen molar-refractivity contribution in [3.8, 4) is 5.82 Å². The molecule has 0 unspecified atom stereocenters. The van der Waals surface area contributed by atoms with Crippen LogP contribution in [0.1, 0.15) is 35.8 Å². The first-order valence-electron chi connectivity index (χ1n) is 7.73. The van der Waals surface area contributed by atoms with E-state index in [0.717, 1.165) is 14.6 Å². The van der Waals surface area contributed by atoms with Crippen molar-refractivity contribution < 1.29 is 4.79 Å². The molecule has 0 bridgehead atoms. The summed E-state index contributed by atoms with van der Waals surface area (Å²) < 4.78 is 3.46. The summed E-state index contributed by atoms with van der Waals surface area (Å²) in [4.78, 5) is 17.1. The number of halogens is 2. The zero-order valence-corrected chi connectivity index (χ0v) is 16.9. The van der Waals surface area contributed by atoms with Crippen molar-refractivity contribution in [2.75, 3.05) is 5.32 Å². The minimum atomic E-state index is -0.200. The third kappa shape index (κ3) is 3.82. The number of nitrogens with zero attached hydrogens (tertiary/aromatic N) is 3. The highest BCUT2D eigenvalue weighted by Crippen LogP contribution is 2.28. The van der Waals surface area contributed by atoms with E-state index in [1.807, 2.05) is 50.2 Å². The molecule has 0 saturated carbocycles. The number of amides is 1. The topological polar surface area (TPSA) is 59.8 Å². The fourth-order valence-corrected chi connectivity index (χ4v) is 3.68. The highest BCUT2D eigenvalue weighted by atomic mass is 79.9. The van der Waals surface area contributed by atoms with E-state index in [4.69, 9.17) is 0 Å². The quantitative estimate of drug-likeness (QED) is 0.580. The first-order chi connectivity index (χ1) is 12.0. The van der Waals surface area contributed by atoms with Gasteiger partial charge in [0.15, 0.2) is 5.82 Å². The van der Waals surface area contributed by atoms with Crippen LogP contribution >= 0.6 is 31.9 Å².